The van der Waals surface area contributed by atoms with Gasteiger partial charge < -0.3 is 20.1 Å². The molecule has 2 aliphatic rings. The van der Waals surface area contributed by atoms with Gasteiger partial charge in [-0.2, -0.15) is 0 Å². The molecule has 4 rings (SSSR count). The summed E-state index contributed by atoms with van der Waals surface area (Å²) >= 11 is 1.14. The van der Waals surface area contributed by atoms with Crippen LogP contribution in [-0.2, 0) is 32.2 Å². The molecule has 1 saturated carbocycles. The van der Waals surface area contributed by atoms with Crippen LogP contribution in [0, 0.1) is 5.92 Å². The second-order valence-electron chi connectivity index (χ2n) is 7.94. The molecule has 2 fully saturated rings. The van der Waals surface area contributed by atoms with E-state index < -0.39 is 5.97 Å². The fraction of sp³-hybridized carbons (Fsp3) is 0.435. The average Bonchev–Trinajstić information content (AvgIpc) is 3.57. The lowest BCUT2D eigenvalue weighted by molar-refractivity contribution is -0.124. The van der Waals surface area contributed by atoms with Crippen molar-refractivity contribution in [3.05, 3.63) is 52.4 Å². The third-order valence-corrected chi connectivity index (χ3v) is 6.41. The molecule has 0 bridgehead atoms. The van der Waals surface area contributed by atoms with Crippen molar-refractivity contribution >= 4 is 34.1 Å². The van der Waals surface area contributed by atoms with Crippen molar-refractivity contribution in [3.8, 4) is 0 Å². The molecule has 1 saturated heterocycles. The zero-order valence-corrected chi connectivity index (χ0v) is 18.6. The molecular weight excluding hydrogens is 430 g/mol. The third kappa shape index (κ3) is 6.38. The van der Waals surface area contributed by atoms with Gasteiger partial charge in [0.2, 0.25) is 5.91 Å². The lowest BCUT2D eigenvalue weighted by Gasteiger charge is -2.27. The molecule has 1 aliphatic carbocycles. The number of anilines is 1. The lowest BCUT2D eigenvalue weighted by Crippen LogP contribution is -2.36. The second-order valence-corrected chi connectivity index (χ2v) is 9.02. The number of nitrogens with one attached hydrogen (secondary N) is 2. The molecular formula is C23H27N3O5S. The number of morpholine rings is 1. The van der Waals surface area contributed by atoms with Crippen LogP contribution >= 0.6 is 11.3 Å². The van der Waals surface area contributed by atoms with E-state index in [4.69, 9.17) is 9.47 Å². The van der Waals surface area contributed by atoms with Crippen LogP contribution in [0.15, 0.2) is 36.4 Å². The summed E-state index contributed by atoms with van der Waals surface area (Å²) in [6.07, 6.45) is 1.83. The molecule has 0 unspecified atom stereocenters. The maximum Gasteiger partial charge on any atom is 0.348 e. The third-order valence-electron chi connectivity index (χ3n) is 5.43. The molecule has 32 heavy (non-hydrogen) atoms. The second kappa shape index (κ2) is 10.7. The summed E-state index contributed by atoms with van der Waals surface area (Å²) in [5.74, 6) is -0.863. The zero-order chi connectivity index (χ0) is 22.3. The van der Waals surface area contributed by atoms with Crippen LogP contribution in [0.1, 0.15) is 33.6 Å². The highest BCUT2D eigenvalue weighted by Gasteiger charge is 2.30. The molecule has 1 aromatic carbocycles. The number of carbonyl (C=O) groups is 3. The van der Waals surface area contributed by atoms with E-state index in [1.54, 1.807) is 12.1 Å². The van der Waals surface area contributed by atoms with E-state index in [9.17, 15) is 14.4 Å². The molecule has 9 heteroatoms. The number of thiophene rings is 1. The largest absolute Gasteiger partial charge is 0.451 e. The minimum atomic E-state index is -0.579. The summed E-state index contributed by atoms with van der Waals surface area (Å²) in [4.78, 5) is 38.9. The smallest absolute Gasteiger partial charge is 0.348 e. The summed E-state index contributed by atoms with van der Waals surface area (Å²) < 4.78 is 10.5. The maximum atomic E-state index is 12.2. The van der Waals surface area contributed by atoms with E-state index >= 15 is 0 Å². The van der Waals surface area contributed by atoms with E-state index in [0.29, 0.717) is 16.4 Å². The van der Waals surface area contributed by atoms with Crippen molar-refractivity contribution in [2.45, 2.75) is 25.9 Å². The first kappa shape index (κ1) is 22.4. The Morgan fingerprint density at radius 2 is 1.81 bits per heavy atom. The van der Waals surface area contributed by atoms with Crippen LogP contribution in [-0.4, -0.2) is 55.6 Å². The Morgan fingerprint density at radius 3 is 2.56 bits per heavy atom. The van der Waals surface area contributed by atoms with Gasteiger partial charge in [-0.15, -0.1) is 11.3 Å². The number of rotatable bonds is 9. The van der Waals surface area contributed by atoms with Crippen molar-refractivity contribution in [1.82, 2.24) is 10.2 Å². The Balaban J connectivity index is 1.22. The number of hydrogen-bond acceptors (Lipinski definition) is 7. The van der Waals surface area contributed by atoms with Crippen LogP contribution < -0.4 is 10.6 Å². The fourth-order valence-corrected chi connectivity index (χ4v) is 4.22. The molecule has 2 heterocycles. The van der Waals surface area contributed by atoms with Crippen LogP contribution in [0.25, 0.3) is 0 Å². The summed E-state index contributed by atoms with van der Waals surface area (Å²) in [5.41, 5.74) is 2.19. The SMILES string of the molecule is O=C(COC(=O)c1ccc(NC(=O)C2CC2)s1)NCc1ccccc1CN1CCOCC1. The van der Waals surface area contributed by atoms with E-state index in [1.807, 2.05) is 18.2 Å². The first-order valence-corrected chi connectivity index (χ1v) is 11.6. The number of esters is 1. The van der Waals surface area contributed by atoms with Gasteiger partial charge in [0, 0.05) is 32.1 Å². The van der Waals surface area contributed by atoms with Crippen molar-refractivity contribution in [2.24, 2.45) is 5.92 Å². The van der Waals surface area contributed by atoms with E-state index in [-0.39, 0.29) is 24.3 Å². The van der Waals surface area contributed by atoms with Gasteiger partial charge in [-0.3, -0.25) is 14.5 Å². The van der Waals surface area contributed by atoms with Gasteiger partial charge in [0.15, 0.2) is 6.61 Å². The molecule has 2 N–H and O–H groups in total. The van der Waals surface area contributed by atoms with E-state index in [2.05, 4.69) is 21.6 Å². The molecule has 0 atom stereocenters. The molecule has 0 spiro atoms. The first-order valence-electron chi connectivity index (χ1n) is 10.8. The van der Waals surface area contributed by atoms with E-state index in [1.165, 1.54) is 0 Å². The van der Waals surface area contributed by atoms with Crippen molar-refractivity contribution in [2.75, 3.05) is 38.2 Å². The van der Waals surface area contributed by atoms with Gasteiger partial charge >= 0.3 is 5.97 Å². The van der Waals surface area contributed by atoms with Crippen molar-refractivity contribution in [1.29, 1.82) is 0 Å². The van der Waals surface area contributed by atoms with Gasteiger partial charge in [0.05, 0.1) is 18.2 Å². The standard InChI is InChI=1S/C23H27N3O5S/c27-20(15-31-23(29)19-7-8-21(32-19)25-22(28)16-5-6-16)24-13-17-3-1-2-4-18(17)14-26-9-11-30-12-10-26/h1-4,7-8,16H,5-6,9-15H2,(H,24,27)(H,25,28). The number of benzene rings is 1. The van der Waals surface area contributed by atoms with Gasteiger partial charge in [0.25, 0.3) is 5.91 Å². The average molecular weight is 458 g/mol. The highest BCUT2D eigenvalue weighted by Crippen LogP contribution is 2.31. The molecule has 8 nitrogen and oxygen atoms in total. The highest BCUT2D eigenvalue weighted by molar-refractivity contribution is 7.18. The Bertz CT molecular complexity index is 966. The maximum absolute atomic E-state index is 12.2. The Labute approximate surface area is 190 Å². The number of ether oxygens (including phenoxy) is 2. The molecule has 170 valence electrons. The topological polar surface area (TPSA) is 97.0 Å². The summed E-state index contributed by atoms with van der Waals surface area (Å²) in [6.45, 7) is 4.09. The minimum Gasteiger partial charge on any atom is -0.451 e. The van der Waals surface area contributed by atoms with Crippen LogP contribution in [0.4, 0.5) is 5.00 Å². The summed E-state index contributed by atoms with van der Waals surface area (Å²) in [6, 6.07) is 11.3. The molecule has 2 amide bonds. The van der Waals surface area contributed by atoms with Crippen LogP contribution in [0.2, 0.25) is 0 Å². The quantitative estimate of drug-likeness (QED) is 0.562. The van der Waals surface area contributed by atoms with Gasteiger partial charge in [0.1, 0.15) is 4.88 Å². The van der Waals surface area contributed by atoms with Crippen LogP contribution in [0.5, 0.6) is 0 Å². The molecule has 1 aromatic heterocycles. The minimum absolute atomic E-state index is 0.0138. The lowest BCUT2D eigenvalue weighted by atomic mass is 10.1. The summed E-state index contributed by atoms with van der Waals surface area (Å²) in [7, 11) is 0. The van der Waals surface area contributed by atoms with Crippen LogP contribution in [0.3, 0.4) is 0 Å². The Morgan fingerprint density at radius 1 is 1.06 bits per heavy atom. The number of nitrogens with zero attached hydrogens (tertiary/aromatic N) is 1. The predicted octanol–water partition coefficient (Wildman–Crippen LogP) is 2.40. The zero-order valence-electron chi connectivity index (χ0n) is 17.8. The normalized spacial score (nSPS) is 16.4. The fourth-order valence-electron chi connectivity index (χ4n) is 3.42. The van der Waals surface area contributed by atoms with E-state index in [0.717, 1.165) is 68.2 Å². The van der Waals surface area contributed by atoms with Gasteiger partial charge in [-0.25, -0.2) is 4.79 Å². The first-order chi connectivity index (χ1) is 15.6. The number of hydrogen-bond donors (Lipinski definition) is 2. The Hall–Kier alpha value is -2.75. The molecule has 0 radical (unpaired) electrons. The number of amides is 2. The van der Waals surface area contributed by atoms with Crippen molar-refractivity contribution in [3.63, 3.8) is 0 Å². The highest BCUT2D eigenvalue weighted by atomic mass is 32.1. The Kier molecular flexibility index (Phi) is 7.51. The monoisotopic (exact) mass is 457 g/mol. The van der Waals surface area contributed by atoms with Crippen molar-refractivity contribution < 1.29 is 23.9 Å². The molecule has 1 aliphatic heterocycles. The van der Waals surface area contributed by atoms with Gasteiger partial charge in [-0.05, 0) is 36.1 Å². The summed E-state index contributed by atoms with van der Waals surface area (Å²) in [5, 5.41) is 6.23. The predicted molar refractivity (Wildman–Crippen MR) is 120 cm³/mol. The number of carbonyl (C=O) groups excluding carboxylic acids is 3. The van der Waals surface area contributed by atoms with Gasteiger partial charge in [-0.1, -0.05) is 24.3 Å². The molecule has 2 aromatic rings.